The molecule has 62 heavy (non-hydrogen) atoms. The van der Waals surface area contributed by atoms with E-state index in [-0.39, 0.29) is 0 Å². The summed E-state index contributed by atoms with van der Waals surface area (Å²) >= 11 is 0. The first-order valence-electron chi connectivity index (χ1n) is 19.8. The van der Waals surface area contributed by atoms with Gasteiger partial charge in [-0.05, 0) is 6.92 Å². The molecule has 362 valence electrons. The average Bonchev–Trinajstić information content (AvgIpc) is 3.25. The molecule has 28 nitrogen and oxygen atoms in total. The van der Waals surface area contributed by atoms with Crippen LogP contribution in [0.4, 0.5) is 0 Å². The summed E-state index contributed by atoms with van der Waals surface area (Å²) in [5.74, 6) is 0. The van der Waals surface area contributed by atoms with Crippen molar-refractivity contribution >= 4 is 0 Å². The van der Waals surface area contributed by atoms with Gasteiger partial charge in [-0.2, -0.15) is 0 Å². The predicted molar refractivity (Wildman–Crippen MR) is 186 cm³/mol. The highest BCUT2D eigenvalue weighted by Crippen LogP contribution is 2.35. The summed E-state index contributed by atoms with van der Waals surface area (Å²) in [5.41, 5.74) is 0. The predicted octanol–water partition coefficient (Wildman–Crippen LogP) is -11.8. The molecule has 6 rings (SSSR count). The van der Waals surface area contributed by atoms with E-state index in [9.17, 15) is 86.8 Å². The highest BCUT2D eigenvalue weighted by atomic mass is 16.8. The fourth-order valence-corrected chi connectivity index (χ4v) is 7.88. The first-order valence-corrected chi connectivity index (χ1v) is 19.8. The molecule has 0 aromatic rings. The Morgan fingerprint density at radius 2 is 0.710 bits per heavy atom. The van der Waals surface area contributed by atoms with Crippen molar-refractivity contribution in [1.82, 2.24) is 0 Å². The first-order chi connectivity index (χ1) is 29.3. The SMILES string of the molecule is C[C@@H]1O[C@H](O)[C@H](O)[C@H](O)[C@H]1O[C@@H]1OC[C@@H](O[C@@H]2OC[C@@H](O[C@H]3O[C@@H](CO)[C@H](O[C@@H]4O[C@H](CO)[C@@H](O[C@@H]5O[C@H](CO)[C@H](O)[C@@H](O)[C@@H]5O)[C@H](O)[C@@H]4O)[C@@H](O)[C@@H]3O)[C@H](O)[C@@H]2O)[C@H](O)[C@@H]1O. The lowest BCUT2D eigenvalue weighted by Gasteiger charge is -2.48. The fourth-order valence-electron chi connectivity index (χ4n) is 7.88. The lowest BCUT2D eigenvalue weighted by molar-refractivity contribution is -0.386. The van der Waals surface area contributed by atoms with E-state index in [1.807, 2.05) is 0 Å². The second-order valence-electron chi connectivity index (χ2n) is 15.8. The highest BCUT2D eigenvalue weighted by Gasteiger charge is 2.55. The van der Waals surface area contributed by atoms with Crippen LogP contribution in [0.5, 0.6) is 0 Å². The second-order valence-corrected chi connectivity index (χ2v) is 15.8. The molecule has 6 fully saturated rings. The Kier molecular flexibility index (Phi) is 17.2. The van der Waals surface area contributed by atoms with Gasteiger partial charge in [0.2, 0.25) is 0 Å². The third-order valence-corrected chi connectivity index (χ3v) is 11.6. The summed E-state index contributed by atoms with van der Waals surface area (Å²) in [5, 5.41) is 177. The Hall–Kier alpha value is -1.12. The maximum Gasteiger partial charge on any atom is 0.187 e. The van der Waals surface area contributed by atoms with E-state index in [4.69, 9.17) is 52.1 Å². The molecule has 6 heterocycles. The Balaban J connectivity index is 1.01. The quantitative estimate of drug-likeness (QED) is 0.0815. The zero-order valence-corrected chi connectivity index (χ0v) is 32.8. The summed E-state index contributed by atoms with van der Waals surface area (Å²) in [6.45, 7) is -2.31. The normalized spacial score (nSPS) is 54.3. The van der Waals surface area contributed by atoms with Crippen LogP contribution < -0.4 is 0 Å². The van der Waals surface area contributed by atoms with Crippen LogP contribution in [0.1, 0.15) is 6.92 Å². The lowest BCUT2D eigenvalue weighted by atomic mass is 9.96. The molecule has 6 aliphatic rings. The molecule has 0 unspecified atom stereocenters. The van der Waals surface area contributed by atoms with Crippen LogP contribution in [0.2, 0.25) is 0 Å². The highest BCUT2D eigenvalue weighted by molar-refractivity contribution is 4.98. The molecule has 0 aromatic heterocycles. The minimum atomic E-state index is -2.06. The Labute approximate surface area is 350 Å². The molecule has 0 saturated carbocycles. The average molecular weight is 915 g/mol. The number of aliphatic hydroxyl groups excluding tert-OH is 17. The van der Waals surface area contributed by atoms with Gasteiger partial charge in [0.05, 0.1) is 39.1 Å². The number of rotatable bonds is 13. The Morgan fingerprint density at radius 3 is 1.18 bits per heavy atom. The molecule has 0 aromatic carbocycles. The summed E-state index contributed by atoms with van der Waals surface area (Å²) in [4.78, 5) is 0. The molecule has 28 atom stereocenters. The topological polar surface area (TPSA) is 445 Å². The molecular formula is C34H58O28. The maximum atomic E-state index is 11.1. The number of ether oxygens (including phenoxy) is 11. The zero-order valence-electron chi connectivity index (χ0n) is 32.8. The van der Waals surface area contributed by atoms with Gasteiger partial charge in [-0.25, -0.2) is 0 Å². The van der Waals surface area contributed by atoms with Crippen molar-refractivity contribution in [2.24, 2.45) is 0 Å². The molecule has 6 aliphatic heterocycles. The molecule has 0 aliphatic carbocycles. The first kappa shape index (κ1) is 50.3. The van der Waals surface area contributed by atoms with E-state index in [1.54, 1.807) is 0 Å². The molecule has 0 bridgehead atoms. The summed E-state index contributed by atoms with van der Waals surface area (Å²) in [6, 6.07) is 0. The summed E-state index contributed by atoms with van der Waals surface area (Å²) < 4.78 is 60.4. The van der Waals surface area contributed by atoms with Crippen LogP contribution in [0.15, 0.2) is 0 Å². The van der Waals surface area contributed by atoms with Crippen LogP contribution in [0, 0.1) is 0 Å². The monoisotopic (exact) mass is 914 g/mol. The van der Waals surface area contributed by atoms with E-state index >= 15 is 0 Å². The third-order valence-electron chi connectivity index (χ3n) is 11.6. The van der Waals surface area contributed by atoms with Crippen LogP contribution >= 0.6 is 0 Å². The smallest absolute Gasteiger partial charge is 0.187 e. The zero-order chi connectivity index (χ0) is 45.5. The van der Waals surface area contributed by atoms with Crippen LogP contribution in [-0.4, -0.2) is 292 Å². The van der Waals surface area contributed by atoms with Gasteiger partial charge in [0.15, 0.2) is 37.7 Å². The van der Waals surface area contributed by atoms with Crippen molar-refractivity contribution in [1.29, 1.82) is 0 Å². The van der Waals surface area contributed by atoms with Crippen molar-refractivity contribution in [3.63, 3.8) is 0 Å². The molecule has 0 amide bonds. The van der Waals surface area contributed by atoms with Crippen molar-refractivity contribution in [3.05, 3.63) is 0 Å². The van der Waals surface area contributed by atoms with Crippen LogP contribution in [0.25, 0.3) is 0 Å². The van der Waals surface area contributed by atoms with Gasteiger partial charge in [-0.3, -0.25) is 0 Å². The van der Waals surface area contributed by atoms with E-state index in [0.717, 1.165) is 0 Å². The second kappa shape index (κ2) is 21.2. The van der Waals surface area contributed by atoms with Crippen molar-refractivity contribution in [2.45, 2.75) is 179 Å². The van der Waals surface area contributed by atoms with E-state index in [1.165, 1.54) is 6.92 Å². The van der Waals surface area contributed by atoms with Crippen molar-refractivity contribution < 1.29 is 139 Å². The molecular weight excluding hydrogens is 856 g/mol. The Bertz CT molecular complexity index is 1380. The molecule has 0 radical (unpaired) electrons. The van der Waals surface area contributed by atoms with Crippen LogP contribution in [0.3, 0.4) is 0 Å². The number of hydrogen-bond acceptors (Lipinski definition) is 28. The van der Waals surface area contributed by atoms with Gasteiger partial charge >= 0.3 is 0 Å². The third kappa shape index (κ3) is 10.2. The van der Waals surface area contributed by atoms with Crippen molar-refractivity contribution in [2.75, 3.05) is 33.0 Å². The summed E-state index contributed by atoms with van der Waals surface area (Å²) in [6.07, 6.45) is -48.1. The molecule has 28 heteroatoms. The number of aliphatic hydroxyl groups is 17. The van der Waals surface area contributed by atoms with Gasteiger partial charge in [0.1, 0.15) is 128 Å². The molecule has 6 saturated heterocycles. The van der Waals surface area contributed by atoms with E-state index in [0.29, 0.717) is 0 Å². The maximum absolute atomic E-state index is 11.1. The summed E-state index contributed by atoms with van der Waals surface area (Å²) in [7, 11) is 0. The standard InChI is InChI=1S/C34H58O28/c1-7-26(17(42)20(45)29(51)54-7)60-31-22(47)14(39)11(5-53-31)58-30-21(46)15(40)12(6-52-30)59-32-24(49)18(43)27(9(3-36)56-32)62-34-25(50)19(44)28(10(4-37)57-34)61-33-23(48)16(41)13(38)8(2-35)55-33/h7-51H,2-6H2,1H3/t7-,8+,9-,10+,11+,12+,13-,14-,15-,16+,17-,18-,19+,20+,21-,22-,23-,24-,25-,26-,27-,28+,29-,30-,31-,32+,33-,34-/m0/s1. The fraction of sp³-hybridized carbons (Fsp3) is 1.00. The van der Waals surface area contributed by atoms with Gasteiger partial charge in [-0.15, -0.1) is 0 Å². The van der Waals surface area contributed by atoms with Gasteiger partial charge in [0, 0.05) is 0 Å². The van der Waals surface area contributed by atoms with E-state index in [2.05, 4.69) is 0 Å². The molecule has 0 spiro atoms. The van der Waals surface area contributed by atoms with Crippen LogP contribution in [-0.2, 0) is 52.1 Å². The number of hydrogen-bond donors (Lipinski definition) is 17. The Morgan fingerprint density at radius 1 is 0.355 bits per heavy atom. The van der Waals surface area contributed by atoms with Gasteiger partial charge < -0.3 is 139 Å². The van der Waals surface area contributed by atoms with E-state index < -0.39 is 205 Å². The largest absolute Gasteiger partial charge is 0.394 e. The molecule has 17 N–H and O–H groups in total. The minimum absolute atomic E-state index is 0.487. The minimum Gasteiger partial charge on any atom is -0.394 e. The van der Waals surface area contributed by atoms with Crippen molar-refractivity contribution in [3.8, 4) is 0 Å². The van der Waals surface area contributed by atoms with Gasteiger partial charge in [0.25, 0.3) is 0 Å². The van der Waals surface area contributed by atoms with Gasteiger partial charge in [-0.1, -0.05) is 0 Å². The lowest BCUT2D eigenvalue weighted by Crippen LogP contribution is -2.67.